The molecule has 1 heterocycles. The largest absolute Gasteiger partial charge is 0.495 e. The standard InChI is InChI=1S/C11H11N5O3S/c1-19-7-4-2-3-6(10(12)15-18)9(7)14-11(17)8-5-13-16-20-8/h2-5,18H,1H3,(H2,12,15)(H,14,17). The third-order valence-electron chi connectivity index (χ3n) is 2.45. The fraction of sp³-hybridized carbons (Fsp3) is 0.0909. The molecule has 0 unspecified atom stereocenters. The van der Waals surface area contributed by atoms with Crippen LogP contribution in [0.15, 0.2) is 29.6 Å². The van der Waals surface area contributed by atoms with Gasteiger partial charge in [0.25, 0.3) is 5.91 Å². The fourth-order valence-electron chi connectivity index (χ4n) is 1.54. The molecule has 0 radical (unpaired) electrons. The van der Waals surface area contributed by atoms with Gasteiger partial charge >= 0.3 is 0 Å². The molecule has 0 saturated carbocycles. The highest BCUT2D eigenvalue weighted by atomic mass is 32.1. The van der Waals surface area contributed by atoms with E-state index < -0.39 is 5.91 Å². The highest BCUT2D eigenvalue weighted by molar-refractivity contribution is 7.07. The molecular formula is C11H11N5O3S. The van der Waals surface area contributed by atoms with E-state index in [0.29, 0.717) is 21.9 Å². The van der Waals surface area contributed by atoms with E-state index in [1.807, 2.05) is 0 Å². The van der Waals surface area contributed by atoms with E-state index in [0.717, 1.165) is 11.5 Å². The van der Waals surface area contributed by atoms with Crippen molar-refractivity contribution >= 4 is 29.0 Å². The van der Waals surface area contributed by atoms with Gasteiger partial charge in [-0.2, -0.15) is 0 Å². The Bertz CT molecular complexity index is 642. The number of carbonyl (C=O) groups excluding carboxylic acids is 1. The number of oxime groups is 1. The topological polar surface area (TPSA) is 123 Å². The number of nitrogens with zero attached hydrogens (tertiary/aromatic N) is 3. The number of benzene rings is 1. The smallest absolute Gasteiger partial charge is 0.269 e. The van der Waals surface area contributed by atoms with Crippen LogP contribution >= 0.6 is 11.5 Å². The van der Waals surface area contributed by atoms with Crippen LogP contribution in [0.1, 0.15) is 15.2 Å². The fourth-order valence-corrected chi connectivity index (χ4v) is 1.95. The average molecular weight is 293 g/mol. The molecule has 0 aliphatic carbocycles. The maximum Gasteiger partial charge on any atom is 0.269 e. The first kappa shape index (κ1) is 13.7. The second kappa shape index (κ2) is 5.97. The van der Waals surface area contributed by atoms with Gasteiger partial charge < -0.3 is 21.0 Å². The van der Waals surface area contributed by atoms with Crippen LogP contribution < -0.4 is 15.8 Å². The summed E-state index contributed by atoms with van der Waals surface area (Å²) >= 11 is 0.959. The monoisotopic (exact) mass is 293 g/mol. The number of amides is 1. The second-order valence-electron chi connectivity index (χ2n) is 3.60. The maximum absolute atomic E-state index is 12.0. The number of carbonyl (C=O) groups is 1. The van der Waals surface area contributed by atoms with Crippen LogP contribution in [0, 0.1) is 0 Å². The minimum Gasteiger partial charge on any atom is -0.495 e. The first-order valence-electron chi connectivity index (χ1n) is 5.41. The molecule has 8 nitrogen and oxygen atoms in total. The number of ether oxygens (including phenoxy) is 1. The molecule has 2 aromatic rings. The van der Waals surface area contributed by atoms with Crippen molar-refractivity contribution in [2.75, 3.05) is 12.4 Å². The van der Waals surface area contributed by atoms with E-state index in [1.54, 1.807) is 18.2 Å². The van der Waals surface area contributed by atoms with Gasteiger partial charge in [-0.1, -0.05) is 15.7 Å². The summed E-state index contributed by atoms with van der Waals surface area (Å²) in [5.74, 6) is -0.155. The summed E-state index contributed by atoms with van der Waals surface area (Å²) in [5.41, 5.74) is 6.24. The molecule has 104 valence electrons. The van der Waals surface area contributed by atoms with Gasteiger partial charge in [0, 0.05) is 5.56 Å². The Morgan fingerprint density at radius 3 is 2.95 bits per heavy atom. The van der Waals surface area contributed by atoms with Crippen LogP contribution in [0.4, 0.5) is 5.69 Å². The zero-order chi connectivity index (χ0) is 14.5. The normalized spacial score (nSPS) is 11.2. The van der Waals surface area contributed by atoms with Crippen LogP contribution in [-0.4, -0.2) is 33.6 Å². The van der Waals surface area contributed by atoms with Crippen LogP contribution in [0.2, 0.25) is 0 Å². The van der Waals surface area contributed by atoms with Crippen molar-refractivity contribution in [3.63, 3.8) is 0 Å². The minimum absolute atomic E-state index is 0.137. The average Bonchev–Trinajstić information content (AvgIpc) is 3.01. The van der Waals surface area contributed by atoms with Gasteiger partial charge in [-0.05, 0) is 23.7 Å². The van der Waals surface area contributed by atoms with Crippen molar-refractivity contribution in [2.24, 2.45) is 10.9 Å². The molecule has 0 aliphatic rings. The van der Waals surface area contributed by atoms with Crippen molar-refractivity contribution < 1.29 is 14.7 Å². The zero-order valence-corrected chi connectivity index (χ0v) is 11.2. The van der Waals surface area contributed by atoms with Gasteiger partial charge in [-0.25, -0.2) is 0 Å². The third kappa shape index (κ3) is 2.67. The lowest BCUT2D eigenvalue weighted by Crippen LogP contribution is -2.19. The van der Waals surface area contributed by atoms with Gasteiger partial charge in [0.1, 0.15) is 10.6 Å². The lowest BCUT2D eigenvalue weighted by Gasteiger charge is -2.13. The second-order valence-corrected chi connectivity index (χ2v) is 4.39. The van der Waals surface area contributed by atoms with Gasteiger partial charge in [0.05, 0.1) is 19.0 Å². The number of hydrogen-bond donors (Lipinski definition) is 3. The number of methoxy groups -OCH3 is 1. The van der Waals surface area contributed by atoms with Gasteiger partial charge in [-0.3, -0.25) is 4.79 Å². The quantitative estimate of drug-likeness (QED) is 0.333. The van der Waals surface area contributed by atoms with Crippen LogP contribution in [0.25, 0.3) is 0 Å². The Morgan fingerprint density at radius 1 is 1.55 bits per heavy atom. The molecule has 1 aromatic heterocycles. The first-order valence-corrected chi connectivity index (χ1v) is 6.18. The Labute approximate surface area is 118 Å². The summed E-state index contributed by atoms with van der Waals surface area (Å²) in [6.45, 7) is 0. The molecule has 2 rings (SSSR count). The predicted octanol–water partition coefficient (Wildman–Crippen LogP) is 0.893. The van der Waals surface area contributed by atoms with Gasteiger partial charge in [0.15, 0.2) is 5.84 Å². The molecule has 20 heavy (non-hydrogen) atoms. The lowest BCUT2D eigenvalue weighted by atomic mass is 10.1. The molecule has 0 fully saturated rings. The van der Waals surface area contributed by atoms with Crippen molar-refractivity contribution in [1.82, 2.24) is 9.59 Å². The minimum atomic E-state index is -0.406. The van der Waals surface area contributed by atoms with E-state index in [1.165, 1.54) is 13.3 Å². The molecule has 1 amide bonds. The molecule has 0 spiro atoms. The van der Waals surface area contributed by atoms with E-state index in [2.05, 4.69) is 20.1 Å². The number of nitrogens with two attached hydrogens (primary N) is 1. The number of rotatable bonds is 4. The summed E-state index contributed by atoms with van der Waals surface area (Å²) < 4.78 is 8.78. The van der Waals surface area contributed by atoms with Crippen molar-refractivity contribution in [3.8, 4) is 5.75 Å². The maximum atomic E-state index is 12.0. The summed E-state index contributed by atoms with van der Waals surface area (Å²) in [6, 6.07) is 4.91. The van der Waals surface area contributed by atoms with Crippen LogP contribution in [-0.2, 0) is 0 Å². The van der Waals surface area contributed by atoms with Crippen molar-refractivity contribution in [1.29, 1.82) is 0 Å². The number of amidine groups is 1. The molecule has 0 atom stereocenters. The number of hydrogen-bond acceptors (Lipinski definition) is 7. The number of para-hydroxylation sites is 1. The molecule has 0 bridgehead atoms. The van der Waals surface area contributed by atoms with Gasteiger partial charge in [0.2, 0.25) is 0 Å². The highest BCUT2D eigenvalue weighted by Gasteiger charge is 2.17. The van der Waals surface area contributed by atoms with Crippen molar-refractivity contribution in [2.45, 2.75) is 0 Å². The summed E-state index contributed by atoms with van der Waals surface area (Å²) in [5, 5.41) is 17.9. The summed E-state index contributed by atoms with van der Waals surface area (Å²) in [7, 11) is 1.45. The molecular weight excluding hydrogens is 282 g/mol. The Hall–Kier alpha value is -2.68. The highest BCUT2D eigenvalue weighted by Crippen LogP contribution is 2.28. The SMILES string of the molecule is COc1cccc(/C(N)=N/O)c1NC(=O)c1cnns1. The molecule has 1 aromatic carbocycles. The van der Waals surface area contributed by atoms with E-state index >= 15 is 0 Å². The first-order chi connectivity index (χ1) is 9.67. The Kier molecular flexibility index (Phi) is 4.11. The Morgan fingerprint density at radius 2 is 2.35 bits per heavy atom. The number of anilines is 1. The van der Waals surface area contributed by atoms with E-state index in [9.17, 15) is 4.79 Å². The predicted molar refractivity (Wildman–Crippen MR) is 73.4 cm³/mol. The number of nitrogens with one attached hydrogen (secondary N) is 1. The van der Waals surface area contributed by atoms with Crippen molar-refractivity contribution in [3.05, 3.63) is 34.8 Å². The summed E-state index contributed by atoms with van der Waals surface area (Å²) in [6.07, 6.45) is 1.35. The summed E-state index contributed by atoms with van der Waals surface area (Å²) in [4.78, 5) is 12.4. The third-order valence-corrected chi connectivity index (χ3v) is 3.12. The van der Waals surface area contributed by atoms with E-state index in [-0.39, 0.29) is 5.84 Å². The zero-order valence-electron chi connectivity index (χ0n) is 10.4. The molecule has 9 heteroatoms. The van der Waals surface area contributed by atoms with Crippen LogP contribution in [0.3, 0.4) is 0 Å². The lowest BCUT2D eigenvalue weighted by molar-refractivity contribution is 0.103. The van der Waals surface area contributed by atoms with Crippen LogP contribution in [0.5, 0.6) is 5.75 Å². The van der Waals surface area contributed by atoms with E-state index in [4.69, 9.17) is 15.7 Å². The number of aromatic nitrogens is 2. The molecule has 0 saturated heterocycles. The molecule has 4 N–H and O–H groups in total. The van der Waals surface area contributed by atoms with Gasteiger partial charge in [-0.15, -0.1) is 5.10 Å². The Balaban J connectivity index is 2.41. The molecule has 0 aliphatic heterocycles.